The molecule has 0 radical (unpaired) electrons. The molecule has 1 aliphatic rings. The third kappa shape index (κ3) is 2.38. The summed E-state index contributed by atoms with van der Waals surface area (Å²) < 4.78 is 0. The molecule has 1 fully saturated rings. The van der Waals surface area contributed by atoms with Crippen molar-refractivity contribution in [1.82, 2.24) is 9.97 Å². The maximum atomic E-state index is 12.1. The zero-order valence-corrected chi connectivity index (χ0v) is 12.3. The summed E-state index contributed by atoms with van der Waals surface area (Å²) in [5.41, 5.74) is 2.22. The van der Waals surface area contributed by atoms with Gasteiger partial charge in [-0.25, -0.2) is 0 Å². The molecule has 0 amide bonds. The third-order valence-corrected chi connectivity index (χ3v) is 4.29. The van der Waals surface area contributed by atoms with Gasteiger partial charge in [-0.3, -0.25) is 9.78 Å². The minimum Gasteiger partial charge on any atom is -0.368 e. The Kier molecular flexibility index (Phi) is 3.17. The van der Waals surface area contributed by atoms with E-state index in [2.05, 4.69) is 28.7 Å². The highest BCUT2D eigenvalue weighted by Gasteiger charge is 2.28. The molecule has 0 saturated carbocycles. The van der Waals surface area contributed by atoms with Crippen LogP contribution in [-0.2, 0) is 0 Å². The van der Waals surface area contributed by atoms with Crippen LogP contribution in [0.2, 0.25) is 0 Å². The lowest BCUT2D eigenvalue weighted by molar-refractivity contribution is 0.280. The monoisotopic (exact) mass is 282 g/mol. The number of anilines is 1. The molecule has 0 atom stereocenters. The van der Waals surface area contributed by atoms with Gasteiger partial charge >= 0.3 is 0 Å². The topological polar surface area (TPSA) is 72.8 Å². The Morgan fingerprint density at radius 3 is 2.76 bits per heavy atom. The molecule has 2 aromatic heterocycles. The van der Waals surface area contributed by atoms with Crippen LogP contribution in [0.25, 0.3) is 11.0 Å². The lowest BCUT2D eigenvalue weighted by atomic mass is 9.82. The summed E-state index contributed by atoms with van der Waals surface area (Å²) in [5, 5.41) is 9.37. The molecule has 0 aliphatic carbocycles. The second-order valence-corrected chi connectivity index (χ2v) is 6.34. The smallest absolute Gasteiger partial charge is 0.268 e. The number of aromatic nitrogens is 2. The zero-order chi connectivity index (χ0) is 15.0. The van der Waals surface area contributed by atoms with Crippen LogP contribution in [0.5, 0.6) is 0 Å². The van der Waals surface area contributed by atoms with E-state index >= 15 is 0 Å². The highest BCUT2D eigenvalue weighted by molar-refractivity contribution is 5.91. The number of nitrogens with one attached hydrogen (secondary N) is 1. The predicted molar refractivity (Wildman–Crippen MR) is 82.3 cm³/mol. The van der Waals surface area contributed by atoms with Gasteiger partial charge in [-0.15, -0.1) is 0 Å². The van der Waals surface area contributed by atoms with Crippen LogP contribution < -0.4 is 10.5 Å². The van der Waals surface area contributed by atoms with Crippen LogP contribution in [0.4, 0.5) is 5.69 Å². The van der Waals surface area contributed by atoms with Crippen molar-refractivity contribution in [1.29, 1.82) is 5.26 Å². The standard InChI is InChI=1S/C16H18N4O/c1-16(2)5-8-20(9-6-16)14-11(10-17)15(21)19-12-4-3-7-18-13(12)14/h3-4,7H,5-6,8-9H2,1-2H3,(H,19,21). The van der Waals surface area contributed by atoms with Crippen LogP contribution >= 0.6 is 0 Å². The fourth-order valence-electron chi connectivity index (χ4n) is 2.85. The Hall–Kier alpha value is -2.35. The van der Waals surface area contributed by atoms with Gasteiger partial charge in [0.1, 0.15) is 17.1 Å². The first kappa shape index (κ1) is 13.6. The minimum atomic E-state index is -0.335. The molecule has 5 heteroatoms. The number of hydrogen-bond donors (Lipinski definition) is 1. The molecule has 0 spiro atoms. The Bertz CT molecular complexity index is 775. The number of piperidine rings is 1. The summed E-state index contributed by atoms with van der Waals surface area (Å²) in [6.07, 6.45) is 3.77. The molecule has 0 aromatic carbocycles. The first-order chi connectivity index (χ1) is 10.0. The fraction of sp³-hybridized carbons (Fsp3) is 0.438. The average molecular weight is 282 g/mol. The van der Waals surface area contributed by atoms with Crippen LogP contribution in [0.15, 0.2) is 23.1 Å². The maximum absolute atomic E-state index is 12.1. The molecule has 1 saturated heterocycles. The summed E-state index contributed by atoms with van der Waals surface area (Å²) in [4.78, 5) is 21.4. The SMILES string of the molecule is CC1(C)CCN(c2c(C#N)c(=O)[nH]c3cccnc23)CC1. The largest absolute Gasteiger partial charge is 0.368 e. The molecule has 108 valence electrons. The highest BCUT2D eigenvalue weighted by Crippen LogP contribution is 2.34. The molecule has 21 heavy (non-hydrogen) atoms. The normalized spacial score (nSPS) is 17.7. The lowest BCUT2D eigenvalue weighted by Gasteiger charge is -2.38. The summed E-state index contributed by atoms with van der Waals surface area (Å²) in [6.45, 7) is 6.20. The number of hydrogen-bond acceptors (Lipinski definition) is 4. The Morgan fingerprint density at radius 2 is 2.10 bits per heavy atom. The molecule has 0 bridgehead atoms. The second-order valence-electron chi connectivity index (χ2n) is 6.34. The molecule has 0 unspecified atom stereocenters. The molecule has 3 heterocycles. The van der Waals surface area contributed by atoms with Gasteiger partial charge < -0.3 is 9.88 Å². The van der Waals surface area contributed by atoms with E-state index in [-0.39, 0.29) is 11.1 Å². The van der Waals surface area contributed by atoms with Crippen LogP contribution in [0, 0.1) is 16.7 Å². The van der Waals surface area contributed by atoms with E-state index in [1.807, 2.05) is 12.1 Å². The number of aromatic amines is 1. The highest BCUT2D eigenvalue weighted by atomic mass is 16.1. The minimum absolute atomic E-state index is 0.168. The van der Waals surface area contributed by atoms with E-state index in [1.165, 1.54) is 0 Å². The number of nitrogens with zero attached hydrogens (tertiary/aromatic N) is 3. The molecular formula is C16H18N4O. The van der Waals surface area contributed by atoms with E-state index in [1.54, 1.807) is 12.3 Å². The molecule has 1 N–H and O–H groups in total. The number of H-pyrrole nitrogens is 1. The van der Waals surface area contributed by atoms with E-state index in [0.29, 0.717) is 22.1 Å². The number of fused-ring (bicyclic) bond motifs is 1. The lowest BCUT2D eigenvalue weighted by Crippen LogP contribution is -2.38. The first-order valence-electron chi connectivity index (χ1n) is 7.18. The Labute approximate surface area is 123 Å². The van der Waals surface area contributed by atoms with Gasteiger partial charge in [0.05, 0.1) is 11.2 Å². The molecule has 5 nitrogen and oxygen atoms in total. The molecule has 3 rings (SSSR count). The van der Waals surface area contributed by atoms with Crippen molar-refractivity contribution in [3.05, 3.63) is 34.2 Å². The van der Waals surface area contributed by atoms with E-state index in [0.717, 1.165) is 25.9 Å². The van der Waals surface area contributed by atoms with E-state index < -0.39 is 0 Å². The summed E-state index contributed by atoms with van der Waals surface area (Å²) >= 11 is 0. The maximum Gasteiger partial charge on any atom is 0.268 e. The predicted octanol–water partition coefficient (Wildman–Crippen LogP) is 2.42. The van der Waals surface area contributed by atoms with Gasteiger partial charge in [0.25, 0.3) is 5.56 Å². The average Bonchev–Trinajstić information content (AvgIpc) is 2.46. The molecule has 1 aliphatic heterocycles. The summed E-state index contributed by atoms with van der Waals surface area (Å²) in [5.74, 6) is 0. The molecule has 2 aromatic rings. The third-order valence-electron chi connectivity index (χ3n) is 4.29. The quantitative estimate of drug-likeness (QED) is 0.871. The van der Waals surface area contributed by atoms with Gasteiger partial charge in [-0.05, 0) is 30.4 Å². The van der Waals surface area contributed by atoms with Crippen LogP contribution in [0.1, 0.15) is 32.3 Å². The summed E-state index contributed by atoms with van der Waals surface area (Å²) in [7, 11) is 0. The van der Waals surface area contributed by atoms with Crippen molar-refractivity contribution < 1.29 is 0 Å². The zero-order valence-electron chi connectivity index (χ0n) is 12.3. The van der Waals surface area contributed by atoms with Crippen molar-refractivity contribution >= 4 is 16.7 Å². The second kappa shape index (κ2) is 4.88. The van der Waals surface area contributed by atoms with E-state index in [4.69, 9.17) is 0 Å². The summed E-state index contributed by atoms with van der Waals surface area (Å²) in [6, 6.07) is 5.66. The van der Waals surface area contributed by atoms with Gasteiger partial charge in [0, 0.05) is 19.3 Å². The van der Waals surface area contributed by atoms with Crippen molar-refractivity contribution in [2.75, 3.05) is 18.0 Å². The van der Waals surface area contributed by atoms with Crippen molar-refractivity contribution in [2.45, 2.75) is 26.7 Å². The van der Waals surface area contributed by atoms with Crippen LogP contribution in [0.3, 0.4) is 0 Å². The number of rotatable bonds is 1. The van der Waals surface area contributed by atoms with Gasteiger partial charge in [0.15, 0.2) is 0 Å². The fourth-order valence-corrected chi connectivity index (χ4v) is 2.85. The van der Waals surface area contributed by atoms with Gasteiger partial charge in [-0.2, -0.15) is 5.26 Å². The van der Waals surface area contributed by atoms with Gasteiger partial charge in [0.2, 0.25) is 0 Å². The van der Waals surface area contributed by atoms with Crippen LogP contribution in [-0.4, -0.2) is 23.1 Å². The number of pyridine rings is 2. The molecular weight excluding hydrogens is 264 g/mol. The van der Waals surface area contributed by atoms with Crippen molar-refractivity contribution in [3.8, 4) is 6.07 Å². The van der Waals surface area contributed by atoms with Gasteiger partial charge in [-0.1, -0.05) is 13.8 Å². The first-order valence-corrected chi connectivity index (χ1v) is 7.18. The Balaban J connectivity index is 2.17. The Morgan fingerprint density at radius 1 is 1.38 bits per heavy atom. The van der Waals surface area contributed by atoms with Crippen molar-refractivity contribution in [2.24, 2.45) is 5.41 Å². The van der Waals surface area contributed by atoms with Crippen molar-refractivity contribution in [3.63, 3.8) is 0 Å². The number of nitriles is 1. The van der Waals surface area contributed by atoms with E-state index in [9.17, 15) is 10.1 Å².